The maximum Gasteiger partial charge on any atom is 0.234 e. The molecule has 134 valence electrons. The first-order valence-corrected chi connectivity index (χ1v) is 9.33. The Bertz CT molecular complexity index is 1020. The molecule has 0 spiro atoms. The second-order valence-corrected chi connectivity index (χ2v) is 7.51. The summed E-state index contributed by atoms with van der Waals surface area (Å²) in [4.78, 5) is 4.12. The first-order chi connectivity index (χ1) is 12.4. The molecule has 0 radical (unpaired) electrons. The summed E-state index contributed by atoms with van der Waals surface area (Å²) in [7, 11) is -3.98. The molecule has 0 fully saturated rings. The van der Waals surface area contributed by atoms with Gasteiger partial charge in [0.2, 0.25) is 26.6 Å². The van der Waals surface area contributed by atoms with Gasteiger partial charge in [-0.05, 0) is 43.3 Å². The van der Waals surface area contributed by atoms with Crippen LogP contribution in [0.2, 0.25) is 0 Å². The number of nitrogens with one attached hydrogen (secondary N) is 1. The second kappa shape index (κ2) is 7.13. The Morgan fingerprint density at radius 3 is 2.42 bits per heavy atom. The highest BCUT2D eigenvalue weighted by Crippen LogP contribution is 2.32. The van der Waals surface area contributed by atoms with Crippen LogP contribution in [-0.2, 0) is 9.84 Å². The Hall–Kier alpha value is -2.93. The Balaban J connectivity index is 2.10. The van der Waals surface area contributed by atoms with E-state index in [-0.39, 0.29) is 21.7 Å². The van der Waals surface area contributed by atoms with Crippen LogP contribution in [0.3, 0.4) is 0 Å². The summed E-state index contributed by atoms with van der Waals surface area (Å²) in [6.45, 7) is 5.84. The smallest absolute Gasteiger partial charge is 0.234 e. The van der Waals surface area contributed by atoms with Crippen molar-refractivity contribution in [2.24, 2.45) is 0 Å². The zero-order valence-corrected chi connectivity index (χ0v) is 14.9. The Labute approximate surface area is 151 Å². The summed E-state index contributed by atoms with van der Waals surface area (Å²) in [6.07, 6.45) is 1.57. The van der Waals surface area contributed by atoms with E-state index in [9.17, 15) is 12.8 Å². The van der Waals surface area contributed by atoms with Gasteiger partial charge < -0.3 is 9.73 Å². The summed E-state index contributed by atoms with van der Waals surface area (Å²) < 4.78 is 44.6. The van der Waals surface area contributed by atoms with E-state index < -0.39 is 15.7 Å². The topological polar surface area (TPSA) is 72.2 Å². The first-order valence-electron chi connectivity index (χ1n) is 7.85. The molecule has 3 rings (SSSR count). The predicted octanol–water partition coefficient (Wildman–Crippen LogP) is 4.22. The van der Waals surface area contributed by atoms with E-state index in [0.717, 1.165) is 17.7 Å². The summed E-state index contributed by atoms with van der Waals surface area (Å²) in [5.41, 5.74) is 1.71. The lowest BCUT2D eigenvalue weighted by Gasteiger charge is -2.04. The Morgan fingerprint density at radius 2 is 1.81 bits per heavy atom. The highest BCUT2D eigenvalue weighted by Gasteiger charge is 2.28. The van der Waals surface area contributed by atoms with Gasteiger partial charge in [-0.3, -0.25) is 0 Å². The first kappa shape index (κ1) is 17.9. The SMILES string of the molecule is C=CCNc1oc(-c2ccc(C)cc2)nc1S(=O)(=O)c1ccc(F)cc1. The standard InChI is InChI=1S/C19H17FN2O3S/c1-3-12-21-18-19(26(23,24)16-10-8-15(20)9-11-16)22-17(25-18)14-6-4-13(2)5-7-14/h3-11,21H,1,12H2,2H3. The molecule has 0 amide bonds. The molecule has 1 heterocycles. The van der Waals surface area contributed by atoms with Gasteiger partial charge in [-0.1, -0.05) is 23.8 Å². The molecule has 7 heteroatoms. The van der Waals surface area contributed by atoms with Crippen LogP contribution in [0.5, 0.6) is 0 Å². The molecule has 5 nitrogen and oxygen atoms in total. The van der Waals surface area contributed by atoms with Crippen LogP contribution in [0.15, 0.2) is 75.5 Å². The van der Waals surface area contributed by atoms with Crippen molar-refractivity contribution in [2.75, 3.05) is 11.9 Å². The quantitative estimate of drug-likeness (QED) is 0.518. The van der Waals surface area contributed by atoms with Gasteiger partial charge in [-0.2, -0.15) is 4.98 Å². The van der Waals surface area contributed by atoms with Gasteiger partial charge in [0, 0.05) is 12.1 Å². The molecule has 0 bridgehead atoms. The molecule has 3 aromatic rings. The van der Waals surface area contributed by atoms with Crippen molar-refractivity contribution in [1.29, 1.82) is 0 Å². The molecule has 0 atom stereocenters. The van der Waals surface area contributed by atoms with Crippen LogP contribution in [0, 0.1) is 12.7 Å². The van der Waals surface area contributed by atoms with Crippen LogP contribution in [0.1, 0.15) is 5.56 Å². The largest absolute Gasteiger partial charge is 0.419 e. The van der Waals surface area contributed by atoms with Crippen molar-refractivity contribution in [3.8, 4) is 11.5 Å². The van der Waals surface area contributed by atoms with Crippen LogP contribution >= 0.6 is 0 Å². The van der Waals surface area contributed by atoms with Gasteiger partial charge in [0.15, 0.2) is 0 Å². The Morgan fingerprint density at radius 1 is 1.15 bits per heavy atom. The van der Waals surface area contributed by atoms with Crippen molar-refractivity contribution < 1.29 is 17.2 Å². The normalized spacial score (nSPS) is 11.3. The maximum absolute atomic E-state index is 13.1. The van der Waals surface area contributed by atoms with Gasteiger partial charge in [0.25, 0.3) is 0 Å². The van der Waals surface area contributed by atoms with Crippen molar-refractivity contribution >= 4 is 15.7 Å². The number of anilines is 1. The molecule has 0 aliphatic carbocycles. The minimum Gasteiger partial charge on any atom is -0.419 e. The average Bonchev–Trinajstić information content (AvgIpc) is 3.06. The van der Waals surface area contributed by atoms with Gasteiger partial charge in [-0.15, -0.1) is 6.58 Å². The molecule has 0 unspecified atom stereocenters. The number of hydrogen-bond donors (Lipinski definition) is 1. The zero-order chi connectivity index (χ0) is 18.7. The van der Waals surface area contributed by atoms with Gasteiger partial charge in [-0.25, -0.2) is 12.8 Å². The van der Waals surface area contributed by atoms with Crippen LogP contribution in [0.4, 0.5) is 10.3 Å². The van der Waals surface area contributed by atoms with Gasteiger partial charge in [0.05, 0.1) is 4.90 Å². The molecular weight excluding hydrogens is 355 g/mol. The van der Waals surface area contributed by atoms with Gasteiger partial charge >= 0.3 is 0 Å². The molecule has 0 aliphatic rings. The molecule has 0 saturated carbocycles. The lowest BCUT2D eigenvalue weighted by Crippen LogP contribution is -2.07. The molecule has 0 saturated heterocycles. The minimum absolute atomic E-state index is 0.0183. The van der Waals surface area contributed by atoms with E-state index in [1.54, 1.807) is 18.2 Å². The van der Waals surface area contributed by atoms with E-state index in [4.69, 9.17) is 4.42 Å². The number of benzene rings is 2. The summed E-state index contributed by atoms with van der Waals surface area (Å²) in [5.74, 6) is -0.323. The number of aryl methyl sites for hydroxylation is 1. The van der Waals surface area contributed by atoms with E-state index in [2.05, 4.69) is 16.9 Å². The molecule has 1 N–H and O–H groups in total. The second-order valence-electron chi connectivity index (χ2n) is 5.65. The monoisotopic (exact) mass is 372 g/mol. The van der Waals surface area contributed by atoms with Crippen LogP contribution in [-0.4, -0.2) is 19.9 Å². The molecule has 0 aliphatic heterocycles. The molecule has 2 aromatic carbocycles. The Kier molecular flexibility index (Phi) is 4.90. The average molecular weight is 372 g/mol. The minimum atomic E-state index is -3.98. The number of sulfone groups is 1. The fraction of sp³-hybridized carbons (Fsp3) is 0.105. The summed E-state index contributed by atoms with van der Waals surface area (Å²) in [6, 6.07) is 11.9. The fourth-order valence-corrected chi connectivity index (χ4v) is 3.59. The van der Waals surface area contributed by atoms with Crippen molar-refractivity contribution in [3.63, 3.8) is 0 Å². The lowest BCUT2D eigenvalue weighted by atomic mass is 10.1. The number of aromatic nitrogens is 1. The van der Waals surface area contributed by atoms with Crippen molar-refractivity contribution in [3.05, 3.63) is 72.6 Å². The summed E-state index contributed by atoms with van der Waals surface area (Å²) >= 11 is 0. The molecule has 26 heavy (non-hydrogen) atoms. The van der Waals surface area contributed by atoms with Crippen LogP contribution in [0.25, 0.3) is 11.5 Å². The highest BCUT2D eigenvalue weighted by atomic mass is 32.2. The maximum atomic E-state index is 13.1. The van der Waals surface area contributed by atoms with E-state index in [1.807, 2.05) is 19.1 Å². The zero-order valence-electron chi connectivity index (χ0n) is 14.1. The number of halogens is 1. The third kappa shape index (κ3) is 3.52. The molecule has 1 aromatic heterocycles. The third-order valence-electron chi connectivity index (χ3n) is 3.68. The number of nitrogens with zero attached hydrogens (tertiary/aromatic N) is 1. The number of hydrogen-bond acceptors (Lipinski definition) is 5. The van der Waals surface area contributed by atoms with E-state index in [0.29, 0.717) is 12.1 Å². The molecular formula is C19H17FN2O3S. The van der Waals surface area contributed by atoms with Crippen LogP contribution < -0.4 is 5.32 Å². The number of rotatable bonds is 6. The van der Waals surface area contributed by atoms with Crippen molar-refractivity contribution in [1.82, 2.24) is 4.98 Å². The lowest BCUT2D eigenvalue weighted by molar-refractivity contribution is 0.578. The van der Waals surface area contributed by atoms with Gasteiger partial charge in [0.1, 0.15) is 5.82 Å². The number of oxazole rings is 1. The third-order valence-corrected chi connectivity index (χ3v) is 5.36. The van der Waals surface area contributed by atoms with E-state index in [1.165, 1.54) is 12.1 Å². The van der Waals surface area contributed by atoms with E-state index >= 15 is 0 Å². The fourth-order valence-electron chi connectivity index (χ4n) is 2.31. The predicted molar refractivity (Wildman–Crippen MR) is 97.2 cm³/mol. The highest BCUT2D eigenvalue weighted by molar-refractivity contribution is 7.91. The van der Waals surface area contributed by atoms with Crippen molar-refractivity contribution in [2.45, 2.75) is 16.8 Å². The summed E-state index contributed by atoms with van der Waals surface area (Å²) in [5, 5.41) is 2.60.